The van der Waals surface area contributed by atoms with E-state index >= 15 is 0 Å². The molecule has 3 rings (SSSR count). The van der Waals surface area contributed by atoms with Crippen LogP contribution in [0.2, 0.25) is 0 Å². The Morgan fingerprint density at radius 3 is 2.34 bits per heavy atom. The number of carbonyl (C=O) groups is 2. The first-order valence-corrected chi connectivity index (χ1v) is 12.5. The third kappa shape index (κ3) is 7.05. The molecule has 1 saturated carbocycles. The monoisotopic (exact) mass is 457 g/mol. The van der Waals surface area contributed by atoms with Gasteiger partial charge in [-0.2, -0.15) is 0 Å². The summed E-state index contributed by atoms with van der Waals surface area (Å²) in [6.07, 6.45) is 4.38. The Kier molecular flexibility index (Phi) is 8.67. The molecule has 32 heavy (non-hydrogen) atoms. The molecular weight excluding hydrogens is 422 g/mol. The summed E-state index contributed by atoms with van der Waals surface area (Å²) >= 11 is 1.42. The Morgan fingerprint density at radius 2 is 1.72 bits per heavy atom. The van der Waals surface area contributed by atoms with Gasteiger partial charge in [-0.05, 0) is 42.4 Å². The molecule has 1 heterocycles. The first kappa shape index (κ1) is 24.2. The number of rotatable bonds is 9. The number of ether oxygens (including phenoxy) is 1. The highest BCUT2D eigenvalue weighted by molar-refractivity contribution is 7.09. The van der Waals surface area contributed by atoms with Gasteiger partial charge in [0.15, 0.2) is 0 Å². The highest BCUT2D eigenvalue weighted by Gasteiger charge is 2.28. The second-order valence-corrected chi connectivity index (χ2v) is 10.2. The highest BCUT2D eigenvalue weighted by atomic mass is 32.1. The third-order valence-corrected chi connectivity index (χ3v) is 6.54. The van der Waals surface area contributed by atoms with Gasteiger partial charge in [-0.1, -0.05) is 52.7 Å². The molecule has 0 aliphatic heterocycles. The fourth-order valence-electron chi connectivity index (χ4n) is 3.93. The largest absolute Gasteiger partial charge is 0.486 e. The van der Waals surface area contributed by atoms with E-state index in [0.717, 1.165) is 36.4 Å². The molecule has 1 aliphatic carbocycles. The molecule has 1 aliphatic rings. The van der Waals surface area contributed by atoms with E-state index in [1.807, 2.05) is 26.0 Å². The van der Waals surface area contributed by atoms with Crippen LogP contribution in [-0.4, -0.2) is 28.9 Å². The van der Waals surface area contributed by atoms with Gasteiger partial charge < -0.3 is 15.4 Å². The van der Waals surface area contributed by atoms with Gasteiger partial charge in [0.1, 0.15) is 23.1 Å². The van der Waals surface area contributed by atoms with Crippen molar-refractivity contribution in [3.05, 3.63) is 45.9 Å². The van der Waals surface area contributed by atoms with Crippen LogP contribution in [0.5, 0.6) is 5.75 Å². The second-order valence-electron chi connectivity index (χ2n) is 9.28. The first-order valence-electron chi connectivity index (χ1n) is 11.6. The molecule has 0 unspecified atom stereocenters. The quantitative estimate of drug-likeness (QED) is 0.552. The fourth-order valence-corrected chi connectivity index (χ4v) is 4.62. The van der Waals surface area contributed by atoms with Crippen LogP contribution in [0.3, 0.4) is 0 Å². The molecular formula is C25H35N3O3S. The minimum Gasteiger partial charge on any atom is -0.486 e. The summed E-state index contributed by atoms with van der Waals surface area (Å²) in [5.74, 6) is 1.45. The summed E-state index contributed by atoms with van der Waals surface area (Å²) in [5, 5.41) is 8.74. The Balaban J connectivity index is 1.53. The number of amides is 2. The summed E-state index contributed by atoms with van der Waals surface area (Å²) in [6.45, 7) is 8.71. The van der Waals surface area contributed by atoms with Crippen LogP contribution in [-0.2, 0) is 11.4 Å². The van der Waals surface area contributed by atoms with Gasteiger partial charge in [0.2, 0.25) is 5.91 Å². The van der Waals surface area contributed by atoms with Gasteiger partial charge >= 0.3 is 0 Å². The lowest BCUT2D eigenvalue weighted by Crippen LogP contribution is -2.53. The number of carbonyl (C=O) groups excluding carboxylic acids is 2. The van der Waals surface area contributed by atoms with Crippen molar-refractivity contribution < 1.29 is 14.3 Å². The Hall–Kier alpha value is -2.41. The zero-order chi connectivity index (χ0) is 23.1. The summed E-state index contributed by atoms with van der Waals surface area (Å²) in [5.41, 5.74) is 1.67. The molecule has 2 aromatic rings. The van der Waals surface area contributed by atoms with E-state index in [1.54, 1.807) is 5.38 Å². The second kappa shape index (κ2) is 11.5. The molecule has 1 aromatic carbocycles. The Bertz CT molecular complexity index is 892. The van der Waals surface area contributed by atoms with Crippen molar-refractivity contribution in [3.63, 3.8) is 0 Å². The minimum atomic E-state index is -0.191. The molecule has 0 bridgehead atoms. The minimum absolute atomic E-state index is 0.0193. The van der Waals surface area contributed by atoms with Crippen molar-refractivity contribution in [1.82, 2.24) is 15.6 Å². The van der Waals surface area contributed by atoms with Gasteiger partial charge in [-0.3, -0.25) is 9.59 Å². The number of benzene rings is 1. The molecule has 0 spiro atoms. The predicted octanol–water partition coefficient (Wildman–Crippen LogP) is 5.05. The maximum Gasteiger partial charge on any atom is 0.271 e. The molecule has 1 fully saturated rings. The average molecular weight is 458 g/mol. The van der Waals surface area contributed by atoms with Crippen molar-refractivity contribution in [2.45, 2.75) is 84.4 Å². The number of hydrogen-bond donors (Lipinski definition) is 2. The van der Waals surface area contributed by atoms with Crippen LogP contribution < -0.4 is 15.4 Å². The van der Waals surface area contributed by atoms with Crippen molar-refractivity contribution in [1.29, 1.82) is 0 Å². The summed E-state index contributed by atoms with van der Waals surface area (Å²) < 4.78 is 5.83. The van der Waals surface area contributed by atoms with Gasteiger partial charge in [0, 0.05) is 23.9 Å². The van der Waals surface area contributed by atoms with Crippen LogP contribution in [0.4, 0.5) is 0 Å². The molecule has 1 aromatic heterocycles. The molecule has 7 heteroatoms. The van der Waals surface area contributed by atoms with Crippen molar-refractivity contribution in [3.8, 4) is 5.75 Å². The SMILES string of the molecule is CC(C)CC(=O)N[C@H]1CCCC[C@H]1NC(=O)c1csc(COc2ccc(C(C)C)cc2)n1. The highest BCUT2D eigenvalue weighted by Crippen LogP contribution is 2.22. The molecule has 6 nitrogen and oxygen atoms in total. The Labute approximate surface area is 195 Å². The van der Waals surface area contributed by atoms with E-state index in [1.165, 1.54) is 16.9 Å². The van der Waals surface area contributed by atoms with E-state index in [0.29, 0.717) is 30.6 Å². The van der Waals surface area contributed by atoms with Crippen LogP contribution in [0.25, 0.3) is 0 Å². The van der Waals surface area contributed by atoms with Gasteiger partial charge in [0.05, 0.1) is 0 Å². The smallest absolute Gasteiger partial charge is 0.271 e. The molecule has 2 amide bonds. The van der Waals surface area contributed by atoms with E-state index in [4.69, 9.17) is 4.74 Å². The number of thiazole rings is 1. The zero-order valence-electron chi connectivity index (χ0n) is 19.5. The fraction of sp³-hybridized carbons (Fsp3) is 0.560. The van der Waals surface area contributed by atoms with E-state index in [-0.39, 0.29) is 23.9 Å². The maximum atomic E-state index is 12.8. The molecule has 0 saturated heterocycles. The lowest BCUT2D eigenvalue weighted by molar-refractivity contribution is -0.122. The summed E-state index contributed by atoms with van der Waals surface area (Å²) in [4.78, 5) is 29.5. The summed E-state index contributed by atoms with van der Waals surface area (Å²) in [7, 11) is 0. The molecule has 0 radical (unpaired) electrons. The van der Waals surface area contributed by atoms with Crippen LogP contribution in [0.15, 0.2) is 29.6 Å². The van der Waals surface area contributed by atoms with Crippen molar-refractivity contribution in [2.75, 3.05) is 0 Å². The van der Waals surface area contributed by atoms with E-state index in [2.05, 4.69) is 41.6 Å². The zero-order valence-corrected chi connectivity index (χ0v) is 20.3. The van der Waals surface area contributed by atoms with Crippen LogP contribution >= 0.6 is 11.3 Å². The van der Waals surface area contributed by atoms with E-state index in [9.17, 15) is 9.59 Å². The number of hydrogen-bond acceptors (Lipinski definition) is 5. The average Bonchev–Trinajstić information content (AvgIpc) is 3.22. The van der Waals surface area contributed by atoms with Crippen molar-refractivity contribution in [2.24, 2.45) is 5.92 Å². The van der Waals surface area contributed by atoms with Crippen molar-refractivity contribution >= 4 is 23.2 Å². The number of nitrogens with one attached hydrogen (secondary N) is 2. The first-order chi connectivity index (χ1) is 15.3. The topological polar surface area (TPSA) is 80.3 Å². The lowest BCUT2D eigenvalue weighted by Gasteiger charge is -2.32. The van der Waals surface area contributed by atoms with E-state index < -0.39 is 0 Å². The lowest BCUT2D eigenvalue weighted by atomic mass is 9.90. The maximum absolute atomic E-state index is 12.8. The van der Waals surface area contributed by atoms with Gasteiger partial charge in [-0.15, -0.1) is 11.3 Å². The number of aromatic nitrogens is 1. The molecule has 174 valence electrons. The Morgan fingerprint density at radius 1 is 1.06 bits per heavy atom. The molecule has 2 atom stereocenters. The summed E-state index contributed by atoms with van der Waals surface area (Å²) in [6, 6.07) is 7.99. The number of nitrogens with zero attached hydrogens (tertiary/aromatic N) is 1. The third-order valence-electron chi connectivity index (χ3n) is 5.72. The predicted molar refractivity (Wildman–Crippen MR) is 128 cm³/mol. The normalized spacial score (nSPS) is 18.6. The van der Waals surface area contributed by atoms with Gasteiger partial charge in [-0.25, -0.2) is 4.98 Å². The molecule has 2 N–H and O–H groups in total. The van der Waals surface area contributed by atoms with Gasteiger partial charge in [0.25, 0.3) is 5.91 Å². The van der Waals surface area contributed by atoms with Crippen LogP contribution in [0.1, 0.15) is 86.8 Å². The van der Waals surface area contributed by atoms with Crippen LogP contribution in [0, 0.1) is 5.92 Å². The standard InChI is InChI=1S/C25H35N3O3S/c1-16(2)13-23(29)26-20-7-5-6-8-21(20)28-25(30)22-15-32-24(27-22)14-31-19-11-9-18(10-12-19)17(3)4/h9-12,15-17,20-21H,5-8,13-14H2,1-4H3,(H,26,29)(H,28,30)/t20-,21+/m0/s1.